The molecule has 6 N–H and O–H groups in total. The Morgan fingerprint density at radius 3 is 2.87 bits per heavy atom. The molecule has 0 fully saturated rings. The maximum Gasteiger partial charge on any atom is 0.252 e. The molecule has 0 saturated heterocycles. The van der Waals surface area contributed by atoms with Crippen molar-refractivity contribution in [1.82, 2.24) is 4.68 Å². The minimum absolute atomic E-state index is 0.174. The second kappa shape index (κ2) is 3.28. The van der Waals surface area contributed by atoms with Crippen LogP contribution in [0.25, 0.3) is 10.2 Å². The van der Waals surface area contributed by atoms with Gasteiger partial charge in [-0.3, -0.25) is 4.79 Å². The van der Waals surface area contributed by atoms with E-state index < -0.39 is 5.91 Å². The summed E-state index contributed by atoms with van der Waals surface area (Å²) in [7, 11) is 0. The van der Waals surface area contributed by atoms with Crippen molar-refractivity contribution in [2.45, 2.75) is 0 Å². The summed E-state index contributed by atoms with van der Waals surface area (Å²) in [6, 6.07) is 3.46. The summed E-state index contributed by atoms with van der Waals surface area (Å²) >= 11 is 1.46. The summed E-state index contributed by atoms with van der Waals surface area (Å²) < 4.78 is 2.12. The fourth-order valence-corrected chi connectivity index (χ4v) is 2.19. The van der Waals surface area contributed by atoms with Gasteiger partial charge < -0.3 is 17.4 Å². The zero-order chi connectivity index (χ0) is 11.0. The maximum absolute atomic E-state index is 11.1. The number of nitrogens with two attached hydrogens (primary N) is 3. The molecule has 6 nitrogen and oxygen atoms in total. The molecular formula is C8H9N5OS. The van der Waals surface area contributed by atoms with Crippen LogP contribution >= 0.6 is 11.3 Å². The molecule has 0 aromatic carbocycles. The Labute approximate surface area is 88.6 Å². The van der Waals surface area contributed by atoms with E-state index in [4.69, 9.17) is 17.4 Å². The fraction of sp³-hybridized carbons (Fsp3) is 0. The van der Waals surface area contributed by atoms with E-state index >= 15 is 0 Å². The fourth-order valence-electron chi connectivity index (χ4n) is 1.37. The Bertz CT molecular complexity index is 597. The first-order valence-corrected chi connectivity index (χ1v) is 4.95. The molecule has 0 unspecified atom stereocenters. The molecule has 0 radical (unpaired) electrons. The highest BCUT2D eigenvalue weighted by Crippen LogP contribution is 2.18. The average molecular weight is 223 g/mol. The number of carbonyl (C=O) groups excluding carboxylic acids is 1. The molecule has 0 aliphatic heterocycles. The zero-order valence-corrected chi connectivity index (χ0v) is 8.49. The Morgan fingerprint density at radius 2 is 2.27 bits per heavy atom. The molecule has 2 rings (SSSR count). The van der Waals surface area contributed by atoms with E-state index in [0.717, 1.165) is 10.2 Å². The van der Waals surface area contributed by atoms with Crippen LogP contribution in [0, 0.1) is 0 Å². The van der Waals surface area contributed by atoms with Gasteiger partial charge in [-0.2, -0.15) is 5.10 Å². The van der Waals surface area contributed by atoms with Gasteiger partial charge in [0.15, 0.2) is 5.49 Å². The van der Waals surface area contributed by atoms with Crippen molar-refractivity contribution in [1.29, 1.82) is 0 Å². The first-order chi connectivity index (χ1) is 7.15. The lowest BCUT2D eigenvalue weighted by molar-refractivity contribution is 0.0998. The number of hydrogen-bond donors (Lipinski definition) is 3. The first-order valence-electron chi connectivity index (χ1n) is 4.07. The third-order valence-corrected chi connectivity index (χ3v) is 2.92. The van der Waals surface area contributed by atoms with Crippen LogP contribution in [-0.2, 0) is 0 Å². The second-order valence-corrected chi connectivity index (χ2v) is 3.86. The smallest absolute Gasteiger partial charge is 0.252 e. The van der Waals surface area contributed by atoms with Gasteiger partial charge in [0.1, 0.15) is 0 Å². The lowest BCUT2D eigenvalue weighted by Crippen LogP contribution is -2.35. The minimum Gasteiger partial charge on any atom is -0.365 e. The Hall–Kier alpha value is -2.02. The van der Waals surface area contributed by atoms with Gasteiger partial charge >= 0.3 is 0 Å². The minimum atomic E-state index is -0.603. The SMILES string of the molecule is N/N=c1/c(C(N)=O)cc2sccc2n1N. The quantitative estimate of drug-likeness (QED) is 0.438. The number of thiophene rings is 1. The molecule has 0 aliphatic rings. The lowest BCUT2D eigenvalue weighted by atomic mass is 10.2. The Morgan fingerprint density at radius 1 is 1.53 bits per heavy atom. The van der Waals surface area contributed by atoms with Crippen LogP contribution in [0.1, 0.15) is 10.4 Å². The summed E-state index contributed by atoms with van der Waals surface area (Å²) in [5.41, 5.74) is 6.35. The van der Waals surface area contributed by atoms with Gasteiger partial charge in [-0.15, -0.1) is 11.3 Å². The van der Waals surface area contributed by atoms with Crippen molar-refractivity contribution in [3.63, 3.8) is 0 Å². The van der Waals surface area contributed by atoms with E-state index in [1.165, 1.54) is 16.0 Å². The first kappa shape index (κ1) is 9.53. The van der Waals surface area contributed by atoms with Crippen LogP contribution < -0.4 is 22.9 Å². The molecule has 1 amide bonds. The number of pyridine rings is 1. The molecule has 0 saturated carbocycles. The van der Waals surface area contributed by atoms with Gasteiger partial charge in [-0.25, -0.2) is 4.68 Å². The van der Waals surface area contributed by atoms with E-state index in [0.29, 0.717) is 0 Å². The van der Waals surface area contributed by atoms with Crippen molar-refractivity contribution in [2.75, 3.05) is 5.84 Å². The number of primary amides is 1. The molecule has 78 valence electrons. The average Bonchev–Trinajstić information content (AvgIpc) is 2.65. The molecule has 0 atom stereocenters. The highest BCUT2D eigenvalue weighted by atomic mass is 32.1. The third-order valence-electron chi connectivity index (χ3n) is 2.07. The Balaban J connectivity index is 2.98. The number of fused-ring (bicyclic) bond motifs is 1. The Kier molecular flexibility index (Phi) is 2.09. The van der Waals surface area contributed by atoms with Crippen molar-refractivity contribution in [3.8, 4) is 0 Å². The molecule has 2 heterocycles. The summed E-state index contributed by atoms with van der Waals surface area (Å²) in [6.45, 7) is 0. The number of carbonyl (C=O) groups is 1. The highest BCUT2D eigenvalue weighted by molar-refractivity contribution is 7.17. The van der Waals surface area contributed by atoms with Crippen LogP contribution in [0.3, 0.4) is 0 Å². The molecular weight excluding hydrogens is 214 g/mol. The maximum atomic E-state index is 11.1. The van der Waals surface area contributed by atoms with Gasteiger partial charge in [0.25, 0.3) is 5.91 Å². The molecule has 2 aromatic heterocycles. The number of aromatic nitrogens is 1. The predicted molar refractivity (Wildman–Crippen MR) is 58.2 cm³/mol. The summed E-state index contributed by atoms with van der Waals surface area (Å²) in [5, 5.41) is 5.32. The van der Waals surface area contributed by atoms with E-state index in [-0.39, 0.29) is 11.1 Å². The molecule has 15 heavy (non-hydrogen) atoms. The van der Waals surface area contributed by atoms with Gasteiger partial charge in [-0.1, -0.05) is 0 Å². The summed E-state index contributed by atoms with van der Waals surface area (Å²) in [6.07, 6.45) is 0. The van der Waals surface area contributed by atoms with Gasteiger partial charge in [-0.05, 0) is 17.5 Å². The summed E-state index contributed by atoms with van der Waals surface area (Å²) in [5.74, 6) is 10.3. The molecule has 0 bridgehead atoms. The van der Waals surface area contributed by atoms with Crippen LogP contribution in [0.4, 0.5) is 0 Å². The number of nitrogens with zero attached hydrogens (tertiary/aromatic N) is 2. The monoisotopic (exact) mass is 223 g/mol. The van der Waals surface area contributed by atoms with Crippen LogP contribution in [0.15, 0.2) is 22.6 Å². The van der Waals surface area contributed by atoms with Crippen molar-refractivity contribution >= 4 is 27.5 Å². The van der Waals surface area contributed by atoms with E-state index in [2.05, 4.69) is 5.10 Å². The molecule has 2 aromatic rings. The van der Waals surface area contributed by atoms with Gasteiger partial charge in [0.2, 0.25) is 0 Å². The molecule has 0 spiro atoms. The van der Waals surface area contributed by atoms with Gasteiger partial charge in [0, 0.05) is 0 Å². The second-order valence-electron chi connectivity index (χ2n) is 2.92. The molecule has 7 heteroatoms. The lowest BCUT2D eigenvalue weighted by Gasteiger charge is -2.05. The van der Waals surface area contributed by atoms with Crippen LogP contribution in [0.2, 0.25) is 0 Å². The van der Waals surface area contributed by atoms with Crippen molar-refractivity contribution in [2.24, 2.45) is 16.7 Å². The van der Waals surface area contributed by atoms with E-state index in [1.54, 1.807) is 6.07 Å². The number of amides is 1. The van der Waals surface area contributed by atoms with Crippen LogP contribution in [-0.4, -0.2) is 10.6 Å². The van der Waals surface area contributed by atoms with E-state index in [9.17, 15) is 4.79 Å². The van der Waals surface area contributed by atoms with E-state index in [1.807, 2.05) is 11.4 Å². The highest BCUT2D eigenvalue weighted by Gasteiger charge is 2.10. The number of rotatable bonds is 1. The number of hydrogen-bond acceptors (Lipinski definition) is 5. The predicted octanol–water partition coefficient (Wildman–Crippen LogP) is -0.710. The largest absolute Gasteiger partial charge is 0.365 e. The van der Waals surface area contributed by atoms with Crippen molar-refractivity contribution < 1.29 is 4.79 Å². The zero-order valence-electron chi connectivity index (χ0n) is 7.68. The standard InChI is InChI=1S/C8H9N5OS/c9-7(14)4-3-6-5(1-2-15-6)13(11)8(4)12-10/h1-3H,10-11H2,(H2,9,14)/b12-8-. The topological polar surface area (TPSA) is 112 Å². The normalized spacial score (nSPS) is 12.1. The van der Waals surface area contributed by atoms with Gasteiger partial charge in [0.05, 0.1) is 15.8 Å². The third kappa shape index (κ3) is 1.33. The van der Waals surface area contributed by atoms with Crippen molar-refractivity contribution in [3.05, 3.63) is 28.6 Å². The molecule has 0 aliphatic carbocycles. The number of nitrogen functional groups attached to an aromatic ring is 1. The summed E-state index contributed by atoms with van der Waals surface area (Å²) in [4.78, 5) is 11.1. The van der Waals surface area contributed by atoms with Crippen LogP contribution in [0.5, 0.6) is 0 Å².